The molecule has 1 aliphatic heterocycles. The summed E-state index contributed by atoms with van der Waals surface area (Å²) in [6.07, 6.45) is 1.86. The second-order valence-electron chi connectivity index (χ2n) is 5.65. The molecule has 1 aromatic carbocycles. The number of halogens is 3. The first kappa shape index (κ1) is 21.5. The van der Waals surface area contributed by atoms with Gasteiger partial charge in [0, 0.05) is 32.4 Å². The lowest BCUT2D eigenvalue weighted by molar-refractivity contribution is -0.00100. The normalized spacial score (nSPS) is 14.3. The third-order valence-corrected chi connectivity index (χ3v) is 4.16. The number of H-pyrrole nitrogens is 1. The van der Waals surface area contributed by atoms with Crippen molar-refractivity contribution >= 4 is 16.9 Å². The monoisotopic (exact) mass is 398 g/mol. The molecule has 0 saturated carbocycles. The van der Waals surface area contributed by atoms with Crippen LogP contribution < -0.4 is 42.1 Å². The lowest BCUT2D eigenvalue weighted by Crippen LogP contribution is -3.00. The van der Waals surface area contributed by atoms with Crippen LogP contribution in [0.3, 0.4) is 0 Å². The quantitative estimate of drug-likeness (QED) is 0.476. The van der Waals surface area contributed by atoms with Gasteiger partial charge in [-0.2, -0.15) is 0 Å². The number of benzene rings is 1. The van der Waals surface area contributed by atoms with Crippen molar-refractivity contribution < 1.29 is 37.2 Å². The Morgan fingerprint density at radius 1 is 0.880 bits per heavy atom. The molecule has 0 bridgehead atoms. The number of aromatic nitrogens is 3. The van der Waals surface area contributed by atoms with Gasteiger partial charge in [-0.25, -0.2) is 9.97 Å². The topological polar surface area (TPSA) is 48.0 Å². The molecule has 0 aliphatic carbocycles. The van der Waals surface area contributed by atoms with Crippen LogP contribution in [0, 0.1) is 0 Å². The molecule has 1 aliphatic rings. The molecular weight excluding hydrogens is 381 g/mol. The molecule has 1 fully saturated rings. The average Bonchev–Trinajstić information content (AvgIpc) is 2.98. The number of hydrogen-bond donors (Lipinski definition) is 1. The molecular formula is C17H19Cl3N5-3. The van der Waals surface area contributed by atoms with Crippen molar-refractivity contribution in [2.45, 2.75) is 6.54 Å². The van der Waals surface area contributed by atoms with Crippen LogP contribution in [0.1, 0.15) is 5.82 Å². The molecule has 0 amide bonds. The van der Waals surface area contributed by atoms with Gasteiger partial charge in [0.15, 0.2) is 0 Å². The van der Waals surface area contributed by atoms with E-state index in [2.05, 4.69) is 36.9 Å². The maximum Gasteiger partial charge on any atom is 0.128 e. The summed E-state index contributed by atoms with van der Waals surface area (Å²) in [5.74, 6) is 2.12. The molecule has 2 aromatic heterocycles. The third kappa shape index (κ3) is 4.98. The number of hydrogen-bond acceptors (Lipinski definition) is 4. The Balaban J connectivity index is 0.00000104. The Kier molecular flexibility index (Phi) is 8.45. The summed E-state index contributed by atoms with van der Waals surface area (Å²) in [7, 11) is 0. The molecule has 4 rings (SSSR count). The van der Waals surface area contributed by atoms with Gasteiger partial charge in [-0.05, 0) is 24.3 Å². The van der Waals surface area contributed by atoms with Gasteiger partial charge in [-0.3, -0.25) is 4.90 Å². The van der Waals surface area contributed by atoms with Crippen LogP contribution in [0.15, 0.2) is 48.7 Å². The van der Waals surface area contributed by atoms with Crippen LogP contribution in [0.2, 0.25) is 0 Å². The smallest absolute Gasteiger partial charge is 0.128 e. The molecule has 0 radical (unpaired) electrons. The molecule has 25 heavy (non-hydrogen) atoms. The molecule has 3 aromatic rings. The number of piperazine rings is 1. The fourth-order valence-electron chi connectivity index (χ4n) is 2.97. The molecule has 0 spiro atoms. The number of anilines is 1. The van der Waals surface area contributed by atoms with Gasteiger partial charge in [0.2, 0.25) is 0 Å². The van der Waals surface area contributed by atoms with Gasteiger partial charge in [0.1, 0.15) is 11.6 Å². The van der Waals surface area contributed by atoms with E-state index in [1.807, 2.05) is 36.5 Å². The van der Waals surface area contributed by atoms with Crippen LogP contribution in [-0.2, 0) is 6.54 Å². The maximum atomic E-state index is 4.66. The van der Waals surface area contributed by atoms with Crippen LogP contribution in [-0.4, -0.2) is 46.0 Å². The third-order valence-electron chi connectivity index (χ3n) is 4.16. The lowest BCUT2D eigenvalue weighted by atomic mass is 10.3. The number of imidazole rings is 1. The van der Waals surface area contributed by atoms with Crippen LogP contribution >= 0.6 is 0 Å². The largest absolute Gasteiger partial charge is 1.00 e. The van der Waals surface area contributed by atoms with Crippen molar-refractivity contribution in [2.24, 2.45) is 0 Å². The van der Waals surface area contributed by atoms with Gasteiger partial charge >= 0.3 is 0 Å². The van der Waals surface area contributed by atoms with Gasteiger partial charge < -0.3 is 47.1 Å². The first-order chi connectivity index (χ1) is 10.9. The predicted octanol–water partition coefficient (Wildman–Crippen LogP) is -6.71. The highest BCUT2D eigenvalue weighted by Crippen LogP contribution is 2.15. The minimum Gasteiger partial charge on any atom is -1.00 e. The standard InChI is InChI=1S/C17H19N5.3ClH/c1-2-6-15-14(5-1)19-16(20-15)13-21-9-11-22(12-10-21)17-7-3-4-8-18-17;;;/h1-8H,9-13H2,(H,19,20);3*1H/p-3. The number of para-hydroxylation sites is 2. The van der Waals surface area contributed by atoms with E-state index in [0.29, 0.717) is 0 Å². The van der Waals surface area contributed by atoms with Crippen LogP contribution in [0.25, 0.3) is 11.0 Å². The predicted molar refractivity (Wildman–Crippen MR) is 87.8 cm³/mol. The summed E-state index contributed by atoms with van der Waals surface area (Å²) in [6, 6.07) is 14.3. The van der Waals surface area contributed by atoms with Crippen LogP contribution in [0.4, 0.5) is 5.82 Å². The van der Waals surface area contributed by atoms with Crippen molar-refractivity contribution in [3.63, 3.8) is 0 Å². The molecule has 136 valence electrons. The second kappa shape index (κ2) is 9.82. The van der Waals surface area contributed by atoms with E-state index < -0.39 is 0 Å². The molecule has 0 unspecified atom stereocenters. The van der Waals surface area contributed by atoms with E-state index in [-0.39, 0.29) is 37.2 Å². The Morgan fingerprint density at radius 3 is 2.28 bits per heavy atom. The van der Waals surface area contributed by atoms with Gasteiger partial charge in [0.05, 0.1) is 17.6 Å². The van der Waals surface area contributed by atoms with E-state index >= 15 is 0 Å². The Morgan fingerprint density at radius 2 is 1.60 bits per heavy atom. The Bertz CT molecular complexity index is 724. The first-order valence-corrected chi connectivity index (χ1v) is 7.70. The zero-order valence-electron chi connectivity index (χ0n) is 13.6. The summed E-state index contributed by atoms with van der Waals surface area (Å²) in [5, 5.41) is 0. The van der Waals surface area contributed by atoms with Gasteiger partial charge in [-0.15, -0.1) is 0 Å². The van der Waals surface area contributed by atoms with Crippen molar-refractivity contribution in [3.05, 3.63) is 54.5 Å². The minimum absolute atomic E-state index is 0. The molecule has 1 saturated heterocycles. The van der Waals surface area contributed by atoms with Crippen molar-refractivity contribution in [3.8, 4) is 0 Å². The number of nitrogens with one attached hydrogen (secondary N) is 1. The Labute approximate surface area is 166 Å². The highest BCUT2D eigenvalue weighted by molar-refractivity contribution is 5.74. The summed E-state index contributed by atoms with van der Waals surface area (Å²) in [5.41, 5.74) is 2.16. The molecule has 8 heteroatoms. The van der Waals surface area contributed by atoms with Crippen molar-refractivity contribution in [1.82, 2.24) is 19.9 Å². The van der Waals surface area contributed by atoms with Gasteiger partial charge in [0.25, 0.3) is 0 Å². The average molecular weight is 400 g/mol. The van der Waals surface area contributed by atoms with Crippen LogP contribution in [0.5, 0.6) is 0 Å². The van der Waals surface area contributed by atoms with Crippen molar-refractivity contribution in [2.75, 3.05) is 31.1 Å². The SMILES string of the molecule is [Cl-].[Cl-].[Cl-].c1ccc(N2CCN(Cc3nc4ccccc4[nH]3)CC2)nc1. The minimum atomic E-state index is 0. The summed E-state index contributed by atoms with van der Waals surface area (Å²) in [4.78, 5) is 17.3. The summed E-state index contributed by atoms with van der Waals surface area (Å²) < 4.78 is 0. The number of fused-ring (bicyclic) bond motifs is 1. The molecule has 0 atom stereocenters. The molecule has 1 N–H and O–H groups in total. The highest BCUT2D eigenvalue weighted by atomic mass is 35.5. The molecule has 5 nitrogen and oxygen atoms in total. The van der Waals surface area contributed by atoms with E-state index in [1.54, 1.807) is 0 Å². The van der Waals surface area contributed by atoms with Gasteiger partial charge in [-0.1, -0.05) is 18.2 Å². The number of pyridine rings is 1. The second-order valence-corrected chi connectivity index (χ2v) is 5.65. The number of aromatic amines is 1. The van der Waals surface area contributed by atoms with E-state index in [1.165, 1.54) is 0 Å². The first-order valence-electron chi connectivity index (χ1n) is 7.70. The maximum absolute atomic E-state index is 4.66. The summed E-state index contributed by atoms with van der Waals surface area (Å²) in [6.45, 7) is 4.97. The highest BCUT2D eigenvalue weighted by Gasteiger charge is 2.18. The van der Waals surface area contributed by atoms with Crippen molar-refractivity contribution in [1.29, 1.82) is 0 Å². The summed E-state index contributed by atoms with van der Waals surface area (Å²) >= 11 is 0. The van der Waals surface area contributed by atoms with E-state index in [0.717, 1.165) is 55.4 Å². The number of rotatable bonds is 3. The van der Waals surface area contributed by atoms with E-state index in [9.17, 15) is 0 Å². The zero-order chi connectivity index (χ0) is 14.8. The fraction of sp³-hybridized carbons (Fsp3) is 0.294. The molecule has 3 heterocycles. The Hall–Kier alpha value is -1.53. The fourth-order valence-corrected chi connectivity index (χ4v) is 2.97. The lowest BCUT2D eigenvalue weighted by Gasteiger charge is -2.34. The van der Waals surface area contributed by atoms with E-state index in [4.69, 9.17) is 0 Å². The number of nitrogens with zero attached hydrogens (tertiary/aromatic N) is 4. The zero-order valence-corrected chi connectivity index (χ0v) is 15.8.